The van der Waals surface area contributed by atoms with Gasteiger partial charge < -0.3 is 10.6 Å². The van der Waals surface area contributed by atoms with E-state index in [-0.39, 0.29) is 12.5 Å². The highest BCUT2D eigenvalue weighted by Gasteiger charge is 2.05. The van der Waals surface area contributed by atoms with Gasteiger partial charge in [-0.15, -0.1) is 0 Å². The van der Waals surface area contributed by atoms with Crippen molar-refractivity contribution in [2.24, 2.45) is 0 Å². The first-order valence-corrected chi connectivity index (χ1v) is 6.44. The monoisotopic (exact) mass is 294 g/mol. The van der Waals surface area contributed by atoms with Crippen LogP contribution in [0.25, 0.3) is 0 Å². The topological polar surface area (TPSA) is 41.1 Å². The molecule has 19 heavy (non-hydrogen) atoms. The molecule has 0 saturated carbocycles. The largest absolute Gasteiger partial charge is 0.376 e. The van der Waals surface area contributed by atoms with Crippen LogP contribution >= 0.6 is 23.2 Å². The molecule has 0 bridgehead atoms. The quantitative estimate of drug-likeness (QED) is 0.893. The molecule has 0 atom stereocenters. The highest BCUT2D eigenvalue weighted by molar-refractivity contribution is 6.33. The minimum atomic E-state index is -0.173. The number of rotatable bonds is 4. The van der Waals surface area contributed by atoms with E-state index < -0.39 is 0 Å². The summed E-state index contributed by atoms with van der Waals surface area (Å²) in [6.45, 7) is 0.144. The predicted octanol–water partition coefficient (Wildman–Crippen LogP) is 4.04. The Kier molecular flexibility index (Phi) is 4.66. The molecule has 0 fully saturated rings. The summed E-state index contributed by atoms with van der Waals surface area (Å²) in [6, 6.07) is 14.3. The number of carbonyl (C=O) groups excluding carboxylic acids is 1. The summed E-state index contributed by atoms with van der Waals surface area (Å²) in [5, 5.41) is 6.85. The Morgan fingerprint density at radius 1 is 1.05 bits per heavy atom. The maximum atomic E-state index is 11.8. The van der Waals surface area contributed by atoms with Crippen molar-refractivity contribution in [1.29, 1.82) is 0 Å². The number of para-hydroxylation sites is 1. The molecule has 98 valence electrons. The Morgan fingerprint density at radius 2 is 1.84 bits per heavy atom. The highest BCUT2D eigenvalue weighted by Crippen LogP contribution is 2.20. The molecule has 3 nitrogen and oxygen atoms in total. The Bertz CT molecular complexity index is 587. The van der Waals surface area contributed by atoms with Crippen molar-refractivity contribution in [3.63, 3.8) is 0 Å². The standard InChI is InChI=1S/C14H12Cl2N2O/c15-10-4-3-5-11(8-10)17-9-14(19)18-13-7-2-1-6-12(13)16/h1-8,17H,9H2,(H,18,19). The number of anilines is 2. The second-order valence-corrected chi connectivity index (χ2v) is 4.74. The van der Waals surface area contributed by atoms with Gasteiger partial charge in [-0.1, -0.05) is 41.4 Å². The van der Waals surface area contributed by atoms with Crippen molar-refractivity contribution < 1.29 is 4.79 Å². The zero-order chi connectivity index (χ0) is 13.7. The SMILES string of the molecule is O=C(CNc1cccc(Cl)c1)Nc1ccccc1Cl. The number of hydrogen-bond donors (Lipinski definition) is 2. The molecule has 0 unspecified atom stereocenters. The fourth-order valence-corrected chi connectivity index (χ4v) is 1.91. The van der Waals surface area contributed by atoms with E-state index in [0.717, 1.165) is 5.69 Å². The maximum absolute atomic E-state index is 11.8. The van der Waals surface area contributed by atoms with Crippen LogP contribution < -0.4 is 10.6 Å². The van der Waals surface area contributed by atoms with Gasteiger partial charge in [0, 0.05) is 10.7 Å². The molecule has 1 amide bonds. The van der Waals surface area contributed by atoms with Gasteiger partial charge in [-0.3, -0.25) is 4.79 Å². The van der Waals surface area contributed by atoms with Gasteiger partial charge in [-0.25, -0.2) is 0 Å². The molecule has 0 heterocycles. The van der Waals surface area contributed by atoms with E-state index in [1.165, 1.54) is 0 Å². The average molecular weight is 295 g/mol. The van der Waals surface area contributed by atoms with Crippen molar-refractivity contribution in [2.75, 3.05) is 17.2 Å². The molecule has 0 aliphatic carbocycles. The second kappa shape index (κ2) is 6.45. The summed E-state index contributed by atoms with van der Waals surface area (Å²) in [6.07, 6.45) is 0. The smallest absolute Gasteiger partial charge is 0.243 e. The Balaban J connectivity index is 1.90. The Labute approximate surface area is 121 Å². The molecule has 0 aliphatic heterocycles. The van der Waals surface area contributed by atoms with Crippen molar-refractivity contribution in [3.8, 4) is 0 Å². The number of halogens is 2. The van der Waals surface area contributed by atoms with Gasteiger partial charge in [0.15, 0.2) is 0 Å². The summed E-state index contributed by atoms with van der Waals surface area (Å²) in [5.41, 5.74) is 1.39. The Hall–Kier alpha value is -1.71. The van der Waals surface area contributed by atoms with Gasteiger partial charge in [-0.05, 0) is 30.3 Å². The lowest BCUT2D eigenvalue weighted by Gasteiger charge is -2.09. The van der Waals surface area contributed by atoms with Crippen LogP contribution in [0.1, 0.15) is 0 Å². The van der Waals surface area contributed by atoms with Crippen LogP contribution in [0, 0.1) is 0 Å². The van der Waals surface area contributed by atoms with Crippen molar-refractivity contribution in [1.82, 2.24) is 0 Å². The fraction of sp³-hybridized carbons (Fsp3) is 0.0714. The molecule has 5 heteroatoms. The summed E-state index contributed by atoms with van der Waals surface area (Å²) in [5.74, 6) is -0.173. The highest BCUT2D eigenvalue weighted by atomic mass is 35.5. The van der Waals surface area contributed by atoms with Crippen LogP contribution in [0.5, 0.6) is 0 Å². The van der Waals surface area contributed by atoms with E-state index in [1.807, 2.05) is 24.3 Å². The predicted molar refractivity (Wildman–Crippen MR) is 80.0 cm³/mol. The second-order valence-electron chi connectivity index (χ2n) is 3.89. The van der Waals surface area contributed by atoms with Crippen LogP contribution in [0.3, 0.4) is 0 Å². The third-order valence-electron chi connectivity index (χ3n) is 2.43. The number of carbonyl (C=O) groups is 1. The van der Waals surface area contributed by atoms with Crippen LogP contribution in [0.4, 0.5) is 11.4 Å². The summed E-state index contributed by atoms with van der Waals surface area (Å²) in [7, 11) is 0. The minimum absolute atomic E-state index is 0.144. The average Bonchev–Trinajstić information content (AvgIpc) is 2.39. The van der Waals surface area contributed by atoms with E-state index in [4.69, 9.17) is 23.2 Å². The summed E-state index contributed by atoms with van der Waals surface area (Å²) < 4.78 is 0. The number of benzene rings is 2. The molecule has 0 saturated heterocycles. The first kappa shape index (κ1) is 13.7. The molecule has 2 aromatic rings. The number of amides is 1. The van der Waals surface area contributed by atoms with Gasteiger partial charge in [0.25, 0.3) is 0 Å². The molecule has 2 aromatic carbocycles. The maximum Gasteiger partial charge on any atom is 0.243 e. The summed E-state index contributed by atoms with van der Waals surface area (Å²) in [4.78, 5) is 11.8. The number of nitrogens with one attached hydrogen (secondary N) is 2. The lowest BCUT2D eigenvalue weighted by atomic mass is 10.3. The Morgan fingerprint density at radius 3 is 2.58 bits per heavy atom. The van der Waals surface area contributed by atoms with E-state index in [1.54, 1.807) is 24.3 Å². The molecule has 0 radical (unpaired) electrons. The lowest BCUT2D eigenvalue weighted by molar-refractivity contribution is -0.114. The van der Waals surface area contributed by atoms with Gasteiger partial charge in [0.2, 0.25) is 5.91 Å². The van der Waals surface area contributed by atoms with Crippen molar-refractivity contribution in [2.45, 2.75) is 0 Å². The molecule has 2 rings (SSSR count). The normalized spacial score (nSPS) is 10.0. The van der Waals surface area contributed by atoms with Crippen LogP contribution in [0.15, 0.2) is 48.5 Å². The van der Waals surface area contributed by atoms with E-state index in [2.05, 4.69) is 10.6 Å². The van der Waals surface area contributed by atoms with Crippen molar-refractivity contribution in [3.05, 3.63) is 58.6 Å². The molecule has 2 N–H and O–H groups in total. The molecule has 0 spiro atoms. The molecule has 0 aromatic heterocycles. The van der Waals surface area contributed by atoms with E-state index in [0.29, 0.717) is 15.7 Å². The first-order chi connectivity index (χ1) is 9.15. The van der Waals surface area contributed by atoms with E-state index >= 15 is 0 Å². The lowest BCUT2D eigenvalue weighted by Crippen LogP contribution is -2.21. The van der Waals surface area contributed by atoms with Gasteiger partial charge in [0.1, 0.15) is 0 Å². The molecule has 0 aliphatic rings. The van der Waals surface area contributed by atoms with Crippen LogP contribution in [0.2, 0.25) is 10.0 Å². The van der Waals surface area contributed by atoms with Crippen molar-refractivity contribution >= 4 is 40.5 Å². The number of hydrogen-bond acceptors (Lipinski definition) is 2. The third kappa shape index (κ3) is 4.16. The molecular weight excluding hydrogens is 283 g/mol. The van der Waals surface area contributed by atoms with Gasteiger partial charge in [0.05, 0.1) is 17.3 Å². The van der Waals surface area contributed by atoms with Gasteiger partial charge in [-0.2, -0.15) is 0 Å². The van der Waals surface area contributed by atoms with Crippen LogP contribution in [-0.4, -0.2) is 12.5 Å². The third-order valence-corrected chi connectivity index (χ3v) is 2.99. The van der Waals surface area contributed by atoms with Gasteiger partial charge >= 0.3 is 0 Å². The molecular formula is C14H12Cl2N2O. The fourth-order valence-electron chi connectivity index (χ4n) is 1.54. The van der Waals surface area contributed by atoms with E-state index in [9.17, 15) is 4.79 Å². The summed E-state index contributed by atoms with van der Waals surface area (Å²) >= 11 is 11.8. The zero-order valence-electron chi connectivity index (χ0n) is 9.99. The van der Waals surface area contributed by atoms with Crippen LogP contribution in [-0.2, 0) is 4.79 Å². The zero-order valence-corrected chi connectivity index (χ0v) is 11.5. The first-order valence-electron chi connectivity index (χ1n) is 5.69. The minimum Gasteiger partial charge on any atom is -0.376 e.